The highest BCUT2D eigenvalue weighted by molar-refractivity contribution is 5.78. The van der Waals surface area contributed by atoms with Crippen LogP contribution < -0.4 is 4.90 Å². The van der Waals surface area contributed by atoms with Crippen molar-refractivity contribution in [2.75, 3.05) is 18.0 Å². The maximum absolute atomic E-state index is 4.68. The van der Waals surface area contributed by atoms with Gasteiger partial charge in [0.2, 0.25) is 5.95 Å². The zero-order valence-corrected chi connectivity index (χ0v) is 11.0. The van der Waals surface area contributed by atoms with Gasteiger partial charge in [0.05, 0.1) is 11.0 Å². The highest BCUT2D eigenvalue weighted by Gasteiger charge is 2.17. The smallest absolute Gasteiger partial charge is 0.206 e. The average molecular weight is 231 g/mol. The van der Waals surface area contributed by atoms with Gasteiger partial charge in [-0.2, -0.15) is 0 Å². The molecule has 1 aromatic carbocycles. The summed E-state index contributed by atoms with van der Waals surface area (Å²) in [6.45, 7) is 6.30. The molecule has 1 aliphatic rings. The normalized spacial score (nSPS) is 14.9. The van der Waals surface area contributed by atoms with E-state index in [0.717, 1.165) is 24.6 Å². The second-order valence-electron chi connectivity index (χ2n) is 4.15. The van der Waals surface area contributed by atoms with Gasteiger partial charge in [-0.3, -0.25) is 0 Å². The van der Waals surface area contributed by atoms with Crippen LogP contribution in [0.5, 0.6) is 0 Å². The van der Waals surface area contributed by atoms with E-state index in [1.165, 1.54) is 18.4 Å². The highest BCUT2D eigenvalue weighted by Crippen LogP contribution is 2.23. The SMILES string of the molecule is CC.Cn1c(N2CCCC2)nc2ccccc21. The number of imidazole rings is 1. The summed E-state index contributed by atoms with van der Waals surface area (Å²) in [4.78, 5) is 7.06. The van der Waals surface area contributed by atoms with Crippen LogP contribution in [0.15, 0.2) is 24.3 Å². The minimum Gasteiger partial charge on any atom is -0.342 e. The molecule has 1 saturated heterocycles. The topological polar surface area (TPSA) is 21.1 Å². The molecule has 0 unspecified atom stereocenters. The summed E-state index contributed by atoms with van der Waals surface area (Å²) >= 11 is 0. The van der Waals surface area contributed by atoms with Gasteiger partial charge in [0.25, 0.3) is 0 Å². The number of benzene rings is 1. The summed E-state index contributed by atoms with van der Waals surface area (Å²) in [6.07, 6.45) is 2.59. The van der Waals surface area contributed by atoms with E-state index in [1.54, 1.807) is 0 Å². The predicted octanol–water partition coefficient (Wildman–Crippen LogP) is 3.20. The van der Waals surface area contributed by atoms with Crippen LogP contribution in [0, 0.1) is 0 Å². The van der Waals surface area contributed by atoms with Gasteiger partial charge in [0.1, 0.15) is 0 Å². The molecule has 0 atom stereocenters. The molecule has 0 amide bonds. The molecule has 3 heteroatoms. The molecule has 0 aliphatic carbocycles. The summed E-state index contributed by atoms with van der Waals surface area (Å²) in [5.74, 6) is 1.12. The molecular formula is C14H21N3. The first kappa shape index (κ1) is 12.0. The fraction of sp³-hybridized carbons (Fsp3) is 0.500. The van der Waals surface area contributed by atoms with Crippen LogP contribution in [0.4, 0.5) is 5.95 Å². The Bertz CT molecular complexity index is 481. The lowest BCUT2D eigenvalue weighted by Gasteiger charge is -2.15. The van der Waals surface area contributed by atoms with Crippen molar-refractivity contribution >= 4 is 17.0 Å². The largest absolute Gasteiger partial charge is 0.342 e. The first-order valence-corrected chi connectivity index (χ1v) is 6.53. The van der Waals surface area contributed by atoms with Crippen molar-refractivity contribution in [1.82, 2.24) is 9.55 Å². The summed E-state index contributed by atoms with van der Waals surface area (Å²) < 4.78 is 2.20. The van der Waals surface area contributed by atoms with Crippen molar-refractivity contribution in [2.45, 2.75) is 26.7 Å². The molecule has 3 rings (SSSR count). The standard InChI is InChI=1S/C12H15N3.C2H6/c1-14-11-7-3-2-6-10(11)13-12(14)15-8-4-5-9-15;1-2/h2-3,6-7H,4-5,8-9H2,1H3;1-2H3. The van der Waals surface area contributed by atoms with Crippen molar-refractivity contribution in [3.63, 3.8) is 0 Å². The average Bonchev–Trinajstić information content (AvgIpc) is 3.00. The van der Waals surface area contributed by atoms with Crippen LogP contribution in [0.2, 0.25) is 0 Å². The van der Waals surface area contributed by atoms with E-state index >= 15 is 0 Å². The zero-order valence-electron chi connectivity index (χ0n) is 11.0. The molecular weight excluding hydrogens is 210 g/mol. The Labute approximate surface area is 103 Å². The van der Waals surface area contributed by atoms with E-state index < -0.39 is 0 Å². The van der Waals surface area contributed by atoms with E-state index in [2.05, 4.69) is 39.7 Å². The Morgan fingerprint density at radius 2 is 1.71 bits per heavy atom. The maximum Gasteiger partial charge on any atom is 0.206 e. The highest BCUT2D eigenvalue weighted by atomic mass is 15.3. The Hall–Kier alpha value is -1.51. The summed E-state index contributed by atoms with van der Waals surface area (Å²) in [5.41, 5.74) is 2.32. The second-order valence-corrected chi connectivity index (χ2v) is 4.15. The number of hydrogen-bond donors (Lipinski definition) is 0. The molecule has 0 radical (unpaired) electrons. The monoisotopic (exact) mass is 231 g/mol. The van der Waals surface area contributed by atoms with Gasteiger partial charge in [-0.25, -0.2) is 4.98 Å². The summed E-state index contributed by atoms with van der Waals surface area (Å²) in [6, 6.07) is 8.32. The molecule has 92 valence electrons. The second kappa shape index (κ2) is 5.21. The van der Waals surface area contributed by atoms with Crippen molar-refractivity contribution in [3.8, 4) is 0 Å². The first-order valence-electron chi connectivity index (χ1n) is 6.53. The van der Waals surface area contributed by atoms with E-state index in [0.29, 0.717) is 0 Å². The molecule has 3 nitrogen and oxygen atoms in total. The fourth-order valence-electron chi connectivity index (χ4n) is 2.33. The van der Waals surface area contributed by atoms with Gasteiger partial charge in [-0.1, -0.05) is 26.0 Å². The molecule has 2 heterocycles. The van der Waals surface area contributed by atoms with Gasteiger partial charge in [0.15, 0.2) is 0 Å². The quantitative estimate of drug-likeness (QED) is 0.751. The van der Waals surface area contributed by atoms with Crippen molar-refractivity contribution in [3.05, 3.63) is 24.3 Å². The molecule has 2 aromatic rings. The van der Waals surface area contributed by atoms with Gasteiger partial charge >= 0.3 is 0 Å². The van der Waals surface area contributed by atoms with Gasteiger partial charge < -0.3 is 9.47 Å². The molecule has 1 aliphatic heterocycles. The lowest BCUT2D eigenvalue weighted by molar-refractivity contribution is 0.837. The van der Waals surface area contributed by atoms with Crippen LogP contribution in [0.25, 0.3) is 11.0 Å². The summed E-state index contributed by atoms with van der Waals surface area (Å²) in [7, 11) is 2.10. The van der Waals surface area contributed by atoms with E-state index in [4.69, 9.17) is 0 Å². The molecule has 0 N–H and O–H groups in total. The maximum atomic E-state index is 4.68. The minimum absolute atomic E-state index is 1.10. The molecule has 17 heavy (non-hydrogen) atoms. The number of rotatable bonds is 1. The van der Waals surface area contributed by atoms with Crippen LogP contribution in [0.1, 0.15) is 26.7 Å². The summed E-state index contributed by atoms with van der Waals surface area (Å²) in [5, 5.41) is 0. The Balaban J connectivity index is 0.000000514. The number of aromatic nitrogens is 2. The number of fused-ring (bicyclic) bond motifs is 1. The van der Waals surface area contributed by atoms with Crippen molar-refractivity contribution < 1.29 is 0 Å². The zero-order chi connectivity index (χ0) is 12.3. The van der Waals surface area contributed by atoms with Crippen LogP contribution in [-0.4, -0.2) is 22.6 Å². The Morgan fingerprint density at radius 1 is 1.06 bits per heavy atom. The Kier molecular flexibility index (Phi) is 3.67. The molecule has 1 aromatic heterocycles. The lowest BCUT2D eigenvalue weighted by Crippen LogP contribution is -2.21. The minimum atomic E-state index is 1.10. The molecule has 1 fully saturated rings. The fourth-order valence-corrected chi connectivity index (χ4v) is 2.33. The molecule has 0 spiro atoms. The lowest BCUT2D eigenvalue weighted by atomic mass is 10.3. The number of anilines is 1. The number of nitrogens with zero attached hydrogens (tertiary/aromatic N) is 3. The van der Waals surface area contributed by atoms with Crippen molar-refractivity contribution in [1.29, 1.82) is 0 Å². The number of hydrogen-bond acceptors (Lipinski definition) is 2. The number of aryl methyl sites for hydroxylation is 1. The van der Waals surface area contributed by atoms with Crippen LogP contribution >= 0.6 is 0 Å². The molecule has 0 bridgehead atoms. The third-order valence-electron chi connectivity index (χ3n) is 3.15. The van der Waals surface area contributed by atoms with E-state index in [9.17, 15) is 0 Å². The number of para-hydroxylation sites is 2. The third kappa shape index (κ3) is 2.14. The van der Waals surface area contributed by atoms with Crippen molar-refractivity contribution in [2.24, 2.45) is 7.05 Å². The van der Waals surface area contributed by atoms with Gasteiger partial charge in [-0.15, -0.1) is 0 Å². The molecule has 0 saturated carbocycles. The van der Waals surface area contributed by atoms with Gasteiger partial charge in [0, 0.05) is 20.1 Å². The van der Waals surface area contributed by atoms with Gasteiger partial charge in [-0.05, 0) is 25.0 Å². The van der Waals surface area contributed by atoms with E-state index in [-0.39, 0.29) is 0 Å². The first-order chi connectivity index (χ1) is 8.36. The predicted molar refractivity (Wildman–Crippen MR) is 73.5 cm³/mol. The van der Waals surface area contributed by atoms with E-state index in [1.807, 2.05) is 19.9 Å². The van der Waals surface area contributed by atoms with Crippen LogP contribution in [-0.2, 0) is 7.05 Å². The Morgan fingerprint density at radius 3 is 2.35 bits per heavy atom. The van der Waals surface area contributed by atoms with Crippen LogP contribution in [0.3, 0.4) is 0 Å². The third-order valence-corrected chi connectivity index (χ3v) is 3.15.